The van der Waals surface area contributed by atoms with Crippen molar-refractivity contribution in [3.63, 3.8) is 0 Å². The Morgan fingerprint density at radius 3 is 2.65 bits per heavy atom. The van der Waals surface area contributed by atoms with Crippen LogP contribution in [0.2, 0.25) is 0 Å². The SMILES string of the molecule is C=CCNC1(C(=O)OC)CCC(C)(C)CC1C. The van der Waals surface area contributed by atoms with E-state index in [1.54, 1.807) is 6.08 Å². The molecule has 98 valence electrons. The van der Waals surface area contributed by atoms with E-state index in [-0.39, 0.29) is 11.9 Å². The van der Waals surface area contributed by atoms with Crippen LogP contribution in [0.15, 0.2) is 12.7 Å². The zero-order valence-corrected chi connectivity index (χ0v) is 11.5. The summed E-state index contributed by atoms with van der Waals surface area (Å²) in [5.41, 5.74) is -0.217. The average molecular weight is 239 g/mol. The first kappa shape index (κ1) is 14.2. The number of methoxy groups -OCH3 is 1. The van der Waals surface area contributed by atoms with Crippen molar-refractivity contribution >= 4 is 5.97 Å². The van der Waals surface area contributed by atoms with Gasteiger partial charge in [-0.25, -0.2) is 0 Å². The van der Waals surface area contributed by atoms with Crippen molar-refractivity contribution in [2.45, 2.75) is 45.6 Å². The lowest BCUT2D eigenvalue weighted by Crippen LogP contribution is -2.60. The van der Waals surface area contributed by atoms with E-state index in [0.717, 1.165) is 19.3 Å². The van der Waals surface area contributed by atoms with Crippen LogP contribution in [-0.4, -0.2) is 25.2 Å². The van der Waals surface area contributed by atoms with Crippen molar-refractivity contribution in [1.82, 2.24) is 5.32 Å². The van der Waals surface area contributed by atoms with Crippen molar-refractivity contribution in [3.8, 4) is 0 Å². The van der Waals surface area contributed by atoms with Crippen molar-refractivity contribution in [1.29, 1.82) is 0 Å². The average Bonchev–Trinajstić information content (AvgIpc) is 2.27. The van der Waals surface area contributed by atoms with E-state index >= 15 is 0 Å². The van der Waals surface area contributed by atoms with E-state index in [4.69, 9.17) is 4.74 Å². The van der Waals surface area contributed by atoms with Crippen LogP contribution in [-0.2, 0) is 9.53 Å². The summed E-state index contributed by atoms with van der Waals surface area (Å²) in [7, 11) is 1.46. The van der Waals surface area contributed by atoms with E-state index < -0.39 is 5.54 Å². The van der Waals surface area contributed by atoms with Crippen molar-refractivity contribution in [2.75, 3.05) is 13.7 Å². The highest BCUT2D eigenvalue weighted by Gasteiger charge is 2.49. The van der Waals surface area contributed by atoms with Gasteiger partial charge in [0.15, 0.2) is 0 Å². The third kappa shape index (κ3) is 2.89. The summed E-state index contributed by atoms with van der Waals surface area (Å²) in [5.74, 6) is 0.140. The molecule has 2 unspecified atom stereocenters. The van der Waals surface area contributed by atoms with E-state index in [9.17, 15) is 4.79 Å². The second kappa shape index (κ2) is 5.21. The van der Waals surface area contributed by atoms with Crippen LogP contribution in [0.25, 0.3) is 0 Å². The first-order valence-electron chi connectivity index (χ1n) is 6.32. The standard InChI is InChI=1S/C14H25NO2/c1-6-9-15-14(12(16)17-5)8-7-13(3,4)10-11(14)2/h6,11,15H,1,7-10H2,2-5H3. The molecule has 0 aliphatic heterocycles. The van der Waals surface area contributed by atoms with Gasteiger partial charge in [-0.3, -0.25) is 10.1 Å². The summed E-state index contributed by atoms with van der Waals surface area (Å²) in [6, 6.07) is 0. The molecule has 1 aliphatic carbocycles. The minimum atomic E-state index is -0.529. The first-order valence-corrected chi connectivity index (χ1v) is 6.32. The van der Waals surface area contributed by atoms with Gasteiger partial charge in [0.05, 0.1) is 7.11 Å². The third-order valence-electron chi connectivity index (χ3n) is 4.01. The molecule has 0 aromatic rings. The molecule has 0 bridgehead atoms. The number of esters is 1. The predicted octanol–water partition coefficient (Wildman–Crippen LogP) is 2.52. The fourth-order valence-corrected chi connectivity index (χ4v) is 2.96. The first-order chi connectivity index (χ1) is 7.88. The Bertz CT molecular complexity index is 299. The van der Waals surface area contributed by atoms with E-state index in [1.807, 2.05) is 0 Å². The molecule has 0 aromatic heterocycles. The molecule has 0 aromatic carbocycles. The molecule has 0 heterocycles. The minimum Gasteiger partial charge on any atom is -0.468 e. The number of carbonyl (C=O) groups excluding carboxylic acids is 1. The highest BCUT2D eigenvalue weighted by molar-refractivity contribution is 5.81. The molecule has 3 nitrogen and oxygen atoms in total. The molecular formula is C14H25NO2. The van der Waals surface area contributed by atoms with Crippen LogP contribution in [0.3, 0.4) is 0 Å². The van der Waals surface area contributed by atoms with Crippen molar-refractivity contribution in [2.24, 2.45) is 11.3 Å². The number of carbonyl (C=O) groups is 1. The number of rotatable bonds is 4. The molecule has 1 N–H and O–H groups in total. The smallest absolute Gasteiger partial charge is 0.326 e. The second-order valence-electron chi connectivity index (χ2n) is 5.90. The number of hydrogen-bond donors (Lipinski definition) is 1. The Hall–Kier alpha value is -0.830. The van der Waals surface area contributed by atoms with E-state index in [0.29, 0.717) is 12.0 Å². The fraction of sp³-hybridized carbons (Fsp3) is 0.786. The Morgan fingerprint density at radius 1 is 1.53 bits per heavy atom. The van der Waals surface area contributed by atoms with Gasteiger partial charge in [0, 0.05) is 6.54 Å². The number of nitrogens with one attached hydrogen (secondary N) is 1. The van der Waals surface area contributed by atoms with Gasteiger partial charge in [-0.1, -0.05) is 26.8 Å². The maximum atomic E-state index is 12.1. The summed E-state index contributed by atoms with van der Waals surface area (Å²) in [6.45, 7) is 11.0. The topological polar surface area (TPSA) is 38.3 Å². The third-order valence-corrected chi connectivity index (χ3v) is 4.01. The van der Waals surface area contributed by atoms with Gasteiger partial charge in [0.1, 0.15) is 5.54 Å². The van der Waals surface area contributed by atoms with E-state index in [2.05, 4.69) is 32.7 Å². The molecule has 2 atom stereocenters. The zero-order chi connectivity index (χ0) is 13.1. The lowest BCUT2D eigenvalue weighted by atomic mass is 9.63. The van der Waals surface area contributed by atoms with Crippen LogP contribution in [0.4, 0.5) is 0 Å². The summed E-state index contributed by atoms with van der Waals surface area (Å²) < 4.78 is 4.99. The molecule has 1 rings (SSSR count). The monoisotopic (exact) mass is 239 g/mol. The normalized spacial score (nSPS) is 31.9. The van der Waals surface area contributed by atoms with Gasteiger partial charge >= 0.3 is 5.97 Å². The Morgan fingerprint density at radius 2 is 2.18 bits per heavy atom. The van der Waals surface area contributed by atoms with Crippen LogP contribution in [0.1, 0.15) is 40.0 Å². The maximum absolute atomic E-state index is 12.1. The quantitative estimate of drug-likeness (QED) is 0.605. The van der Waals surface area contributed by atoms with Gasteiger partial charge in [-0.05, 0) is 30.6 Å². The van der Waals surface area contributed by atoms with Crippen molar-refractivity contribution in [3.05, 3.63) is 12.7 Å². The van der Waals surface area contributed by atoms with Crippen LogP contribution < -0.4 is 5.32 Å². The fourth-order valence-electron chi connectivity index (χ4n) is 2.96. The van der Waals surface area contributed by atoms with E-state index in [1.165, 1.54) is 7.11 Å². The summed E-state index contributed by atoms with van der Waals surface area (Å²) in [6.07, 6.45) is 4.70. The largest absolute Gasteiger partial charge is 0.468 e. The molecular weight excluding hydrogens is 214 g/mol. The van der Waals surface area contributed by atoms with Gasteiger partial charge in [-0.2, -0.15) is 0 Å². The Labute approximate surface area is 105 Å². The molecule has 0 amide bonds. The van der Waals surface area contributed by atoms with Gasteiger partial charge < -0.3 is 4.74 Å². The van der Waals surface area contributed by atoms with Gasteiger partial charge in [0.2, 0.25) is 0 Å². The highest BCUT2D eigenvalue weighted by Crippen LogP contribution is 2.44. The lowest BCUT2D eigenvalue weighted by Gasteiger charge is -2.46. The molecule has 0 radical (unpaired) electrons. The van der Waals surface area contributed by atoms with Crippen LogP contribution in [0.5, 0.6) is 0 Å². The van der Waals surface area contributed by atoms with Crippen LogP contribution >= 0.6 is 0 Å². The molecule has 0 spiro atoms. The number of hydrogen-bond acceptors (Lipinski definition) is 3. The summed E-state index contributed by atoms with van der Waals surface area (Å²) in [5, 5.41) is 3.33. The van der Waals surface area contributed by atoms with Crippen LogP contribution in [0, 0.1) is 11.3 Å². The second-order valence-corrected chi connectivity index (χ2v) is 5.90. The molecule has 1 saturated carbocycles. The molecule has 1 fully saturated rings. The molecule has 3 heteroatoms. The van der Waals surface area contributed by atoms with Gasteiger partial charge in [0.25, 0.3) is 0 Å². The zero-order valence-electron chi connectivity index (χ0n) is 11.5. The summed E-state index contributed by atoms with van der Waals surface area (Å²) in [4.78, 5) is 12.1. The molecule has 17 heavy (non-hydrogen) atoms. The maximum Gasteiger partial charge on any atom is 0.326 e. The lowest BCUT2D eigenvalue weighted by molar-refractivity contribution is -0.154. The summed E-state index contributed by atoms with van der Waals surface area (Å²) >= 11 is 0. The van der Waals surface area contributed by atoms with Crippen molar-refractivity contribution < 1.29 is 9.53 Å². The highest BCUT2D eigenvalue weighted by atomic mass is 16.5. The predicted molar refractivity (Wildman–Crippen MR) is 69.7 cm³/mol. The Kier molecular flexibility index (Phi) is 4.36. The van der Waals surface area contributed by atoms with Gasteiger partial charge in [-0.15, -0.1) is 6.58 Å². The Balaban J connectivity index is 2.91. The number of ether oxygens (including phenoxy) is 1. The molecule has 1 aliphatic rings. The minimum absolute atomic E-state index is 0.137. The molecule has 0 saturated heterocycles.